The van der Waals surface area contributed by atoms with E-state index in [-0.39, 0.29) is 5.41 Å². The molecule has 0 radical (unpaired) electrons. The van der Waals surface area contributed by atoms with Gasteiger partial charge in [-0.15, -0.1) is 0 Å². The third kappa shape index (κ3) is 3.48. The van der Waals surface area contributed by atoms with Crippen molar-refractivity contribution in [1.29, 1.82) is 0 Å². The summed E-state index contributed by atoms with van der Waals surface area (Å²) in [6, 6.07) is 19.5. The number of nitrogens with zero attached hydrogens (tertiary/aromatic N) is 2. The van der Waals surface area contributed by atoms with E-state index in [1.807, 2.05) is 0 Å². The number of anilines is 1. The summed E-state index contributed by atoms with van der Waals surface area (Å²) in [5.74, 6) is 1.14. The maximum atomic E-state index is 13.3. The SMILES string of the molecule is O=C1N(c2ccc(C3CC3)cc2)CCC12CCN(CCc1ccccc1)CC2. The molecule has 3 nitrogen and oxygen atoms in total. The minimum atomic E-state index is -0.113. The first-order chi connectivity index (χ1) is 13.7. The minimum absolute atomic E-state index is 0.113. The number of amides is 1. The Morgan fingerprint density at radius 3 is 2.21 bits per heavy atom. The van der Waals surface area contributed by atoms with Crippen LogP contribution in [0.15, 0.2) is 54.6 Å². The second-order valence-electron chi connectivity index (χ2n) is 8.93. The Hall–Kier alpha value is -2.13. The van der Waals surface area contributed by atoms with Crippen molar-refractivity contribution in [3.05, 3.63) is 65.7 Å². The lowest BCUT2D eigenvalue weighted by Crippen LogP contribution is -2.45. The van der Waals surface area contributed by atoms with Crippen LogP contribution in [-0.2, 0) is 11.2 Å². The van der Waals surface area contributed by atoms with Gasteiger partial charge in [0.2, 0.25) is 5.91 Å². The van der Waals surface area contributed by atoms with E-state index in [2.05, 4.69) is 64.4 Å². The molecule has 1 amide bonds. The summed E-state index contributed by atoms with van der Waals surface area (Å²) < 4.78 is 0. The quantitative estimate of drug-likeness (QED) is 0.762. The van der Waals surface area contributed by atoms with Gasteiger partial charge in [-0.3, -0.25) is 4.79 Å². The van der Waals surface area contributed by atoms with Crippen LogP contribution in [0.1, 0.15) is 49.1 Å². The average molecular weight is 375 g/mol. The zero-order valence-electron chi connectivity index (χ0n) is 16.6. The van der Waals surface area contributed by atoms with Crippen molar-refractivity contribution in [2.45, 2.75) is 44.4 Å². The largest absolute Gasteiger partial charge is 0.312 e. The number of hydrogen-bond acceptors (Lipinski definition) is 2. The first-order valence-corrected chi connectivity index (χ1v) is 10.9. The molecule has 2 heterocycles. The highest BCUT2D eigenvalue weighted by Crippen LogP contribution is 2.44. The summed E-state index contributed by atoms with van der Waals surface area (Å²) >= 11 is 0. The number of hydrogen-bond donors (Lipinski definition) is 0. The van der Waals surface area contributed by atoms with Gasteiger partial charge in [0.05, 0.1) is 5.41 Å². The van der Waals surface area contributed by atoms with Crippen molar-refractivity contribution < 1.29 is 4.79 Å². The van der Waals surface area contributed by atoms with E-state index < -0.39 is 0 Å². The van der Waals surface area contributed by atoms with E-state index in [1.165, 1.54) is 24.0 Å². The van der Waals surface area contributed by atoms with Crippen LogP contribution < -0.4 is 4.90 Å². The Balaban J connectivity index is 1.18. The van der Waals surface area contributed by atoms with Gasteiger partial charge in [0.25, 0.3) is 0 Å². The number of benzene rings is 2. The molecule has 3 fully saturated rings. The highest BCUT2D eigenvalue weighted by atomic mass is 16.2. The van der Waals surface area contributed by atoms with E-state index in [4.69, 9.17) is 0 Å². The Kier molecular flexibility index (Phi) is 4.72. The number of piperidine rings is 1. The lowest BCUT2D eigenvalue weighted by atomic mass is 9.77. The molecule has 0 aromatic heterocycles. The van der Waals surface area contributed by atoms with Crippen LogP contribution in [0.25, 0.3) is 0 Å². The van der Waals surface area contributed by atoms with Gasteiger partial charge in [-0.1, -0.05) is 42.5 Å². The third-order valence-corrected chi connectivity index (χ3v) is 7.14. The summed E-state index contributed by atoms with van der Waals surface area (Å²) in [5.41, 5.74) is 3.83. The van der Waals surface area contributed by atoms with E-state index in [1.54, 1.807) is 0 Å². The highest BCUT2D eigenvalue weighted by Gasteiger charge is 2.48. The van der Waals surface area contributed by atoms with Crippen molar-refractivity contribution in [2.75, 3.05) is 31.1 Å². The predicted octanol–water partition coefficient (Wildman–Crippen LogP) is 4.63. The average Bonchev–Trinajstić information content (AvgIpc) is 3.55. The number of likely N-dealkylation sites (tertiary alicyclic amines) is 1. The lowest BCUT2D eigenvalue weighted by molar-refractivity contribution is -0.128. The number of carbonyl (C=O) groups excluding carboxylic acids is 1. The second-order valence-corrected chi connectivity index (χ2v) is 8.93. The van der Waals surface area contributed by atoms with E-state index in [0.717, 1.165) is 63.5 Å². The van der Waals surface area contributed by atoms with E-state index in [0.29, 0.717) is 5.91 Å². The molecule has 1 aliphatic carbocycles. The molecule has 5 rings (SSSR count). The van der Waals surface area contributed by atoms with Crippen molar-refractivity contribution >= 4 is 11.6 Å². The molecule has 0 N–H and O–H groups in total. The monoisotopic (exact) mass is 374 g/mol. The maximum Gasteiger partial charge on any atom is 0.233 e. The maximum absolute atomic E-state index is 13.3. The smallest absolute Gasteiger partial charge is 0.233 e. The van der Waals surface area contributed by atoms with Crippen LogP contribution in [0.5, 0.6) is 0 Å². The Bertz CT molecular complexity index is 817. The molecule has 2 aromatic carbocycles. The van der Waals surface area contributed by atoms with Gasteiger partial charge in [-0.25, -0.2) is 0 Å². The van der Waals surface area contributed by atoms with Crippen molar-refractivity contribution in [3.8, 4) is 0 Å². The Morgan fingerprint density at radius 1 is 0.857 bits per heavy atom. The molecule has 2 aliphatic heterocycles. The number of rotatable bonds is 5. The lowest BCUT2D eigenvalue weighted by Gasteiger charge is -2.38. The molecular weight excluding hydrogens is 344 g/mol. The van der Waals surface area contributed by atoms with E-state index >= 15 is 0 Å². The molecule has 2 saturated heterocycles. The van der Waals surface area contributed by atoms with Gasteiger partial charge >= 0.3 is 0 Å². The fourth-order valence-corrected chi connectivity index (χ4v) is 5.01. The zero-order valence-corrected chi connectivity index (χ0v) is 16.6. The van der Waals surface area contributed by atoms with Crippen LogP contribution in [0.4, 0.5) is 5.69 Å². The van der Waals surface area contributed by atoms with Gasteiger partial charge in [-0.2, -0.15) is 0 Å². The standard InChI is InChI=1S/C25H30N2O/c28-24-25(13-17-26(18-14-25)16-12-20-4-2-1-3-5-20)15-19-27(24)23-10-8-22(9-11-23)21-6-7-21/h1-5,8-11,21H,6-7,12-19H2. The molecule has 2 aromatic rings. The fourth-order valence-electron chi connectivity index (χ4n) is 5.01. The topological polar surface area (TPSA) is 23.6 Å². The molecule has 1 saturated carbocycles. The van der Waals surface area contributed by atoms with Crippen LogP contribution in [0.3, 0.4) is 0 Å². The van der Waals surface area contributed by atoms with Crippen molar-refractivity contribution in [1.82, 2.24) is 4.90 Å². The first kappa shape index (κ1) is 17.9. The fraction of sp³-hybridized carbons (Fsp3) is 0.480. The molecule has 146 valence electrons. The molecule has 0 atom stereocenters. The van der Waals surface area contributed by atoms with Gasteiger partial charge < -0.3 is 9.80 Å². The summed E-state index contributed by atoms with van der Waals surface area (Å²) in [6.45, 7) is 4.08. The number of carbonyl (C=O) groups is 1. The van der Waals surface area contributed by atoms with Crippen LogP contribution in [-0.4, -0.2) is 37.0 Å². The van der Waals surface area contributed by atoms with Gasteiger partial charge in [-0.05, 0) is 80.8 Å². The van der Waals surface area contributed by atoms with Gasteiger partial charge in [0, 0.05) is 18.8 Å². The van der Waals surface area contributed by atoms with Crippen molar-refractivity contribution in [2.24, 2.45) is 5.41 Å². The summed E-state index contributed by atoms with van der Waals surface area (Å²) in [6.07, 6.45) is 6.79. The first-order valence-electron chi connectivity index (χ1n) is 10.9. The Labute approximate surface area is 168 Å². The molecule has 1 spiro atoms. The van der Waals surface area contributed by atoms with Crippen LogP contribution >= 0.6 is 0 Å². The zero-order chi connectivity index (χ0) is 19.0. The minimum Gasteiger partial charge on any atom is -0.312 e. The third-order valence-electron chi connectivity index (χ3n) is 7.14. The van der Waals surface area contributed by atoms with Gasteiger partial charge in [0.15, 0.2) is 0 Å². The van der Waals surface area contributed by atoms with Crippen LogP contribution in [0, 0.1) is 5.41 Å². The summed E-state index contributed by atoms with van der Waals surface area (Å²) in [7, 11) is 0. The predicted molar refractivity (Wildman–Crippen MR) is 114 cm³/mol. The molecular formula is C25H30N2O. The highest BCUT2D eigenvalue weighted by molar-refractivity contribution is 6.00. The molecule has 3 heteroatoms. The van der Waals surface area contributed by atoms with Gasteiger partial charge in [0.1, 0.15) is 0 Å². The molecule has 0 bridgehead atoms. The normalized spacial score (nSPS) is 22.1. The second kappa shape index (κ2) is 7.36. The molecule has 3 aliphatic rings. The van der Waals surface area contributed by atoms with E-state index in [9.17, 15) is 4.79 Å². The Morgan fingerprint density at radius 2 is 1.54 bits per heavy atom. The summed E-state index contributed by atoms with van der Waals surface area (Å²) in [5, 5.41) is 0. The van der Waals surface area contributed by atoms with Crippen molar-refractivity contribution in [3.63, 3.8) is 0 Å². The summed E-state index contributed by atoms with van der Waals surface area (Å²) in [4.78, 5) is 17.9. The molecule has 28 heavy (non-hydrogen) atoms. The van der Waals surface area contributed by atoms with Crippen LogP contribution in [0.2, 0.25) is 0 Å². The molecule has 0 unspecified atom stereocenters.